The van der Waals surface area contributed by atoms with E-state index < -0.39 is 5.75 Å². The molecular weight excluding hydrogens is 160 g/mol. The fourth-order valence-corrected chi connectivity index (χ4v) is 0.934. The molecule has 0 aliphatic heterocycles. The number of rotatable bonds is 2. The summed E-state index contributed by atoms with van der Waals surface area (Å²) in [5, 5.41) is 35.5. The van der Waals surface area contributed by atoms with Crippen molar-refractivity contribution in [2.75, 3.05) is 6.61 Å². The smallest absolute Gasteiger partial charge is 0.200 e. The van der Waals surface area contributed by atoms with E-state index in [4.69, 9.17) is 20.4 Å². The third kappa shape index (κ3) is 1.60. The Labute approximate surface area is 69.3 Å². The van der Waals surface area contributed by atoms with Crippen LogP contribution in [-0.4, -0.2) is 27.0 Å². The van der Waals surface area contributed by atoms with Gasteiger partial charge in [-0.3, -0.25) is 0 Å². The molecule has 0 radical (unpaired) electrons. The summed E-state index contributed by atoms with van der Waals surface area (Å²) in [6.07, 6.45) is 0.335. The first-order valence-electron chi connectivity index (χ1n) is 3.50. The molecule has 0 saturated heterocycles. The highest BCUT2D eigenvalue weighted by Crippen LogP contribution is 2.35. The highest BCUT2D eigenvalue weighted by atomic mass is 16.3. The van der Waals surface area contributed by atoms with Gasteiger partial charge in [-0.1, -0.05) is 0 Å². The second-order valence-corrected chi connectivity index (χ2v) is 2.46. The van der Waals surface area contributed by atoms with Gasteiger partial charge in [-0.2, -0.15) is 0 Å². The van der Waals surface area contributed by atoms with Crippen LogP contribution in [0.25, 0.3) is 0 Å². The molecule has 4 heteroatoms. The third-order valence-corrected chi connectivity index (χ3v) is 1.53. The van der Waals surface area contributed by atoms with Crippen molar-refractivity contribution in [2.45, 2.75) is 6.42 Å². The summed E-state index contributed by atoms with van der Waals surface area (Å²) in [7, 11) is 0. The molecule has 0 heterocycles. The van der Waals surface area contributed by atoms with Gasteiger partial charge in [0, 0.05) is 6.61 Å². The summed E-state index contributed by atoms with van der Waals surface area (Å²) in [6, 6.07) is 2.59. The zero-order valence-electron chi connectivity index (χ0n) is 6.36. The molecular formula is C8H10O4. The molecule has 1 aromatic rings. The number of hydrogen-bond donors (Lipinski definition) is 4. The van der Waals surface area contributed by atoms with Crippen LogP contribution >= 0.6 is 0 Å². The third-order valence-electron chi connectivity index (χ3n) is 1.53. The zero-order chi connectivity index (χ0) is 9.14. The SMILES string of the molecule is OCCc1cc(O)c(O)c(O)c1. The summed E-state index contributed by atoms with van der Waals surface area (Å²) in [5.41, 5.74) is 0.574. The zero-order valence-corrected chi connectivity index (χ0v) is 6.36. The number of phenols is 3. The molecule has 0 spiro atoms. The number of aliphatic hydroxyl groups excluding tert-OH is 1. The average molecular weight is 170 g/mol. The van der Waals surface area contributed by atoms with Crippen molar-refractivity contribution in [3.63, 3.8) is 0 Å². The van der Waals surface area contributed by atoms with Crippen molar-refractivity contribution in [1.29, 1.82) is 0 Å². The molecule has 0 fully saturated rings. The molecule has 4 N–H and O–H groups in total. The first-order valence-corrected chi connectivity index (χ1v) is 3.50. The normalized spacial score (nSPS) is 10.1. The fraction of sp³-hybridized carbons (Fsp3) is 0.250. The summed E-state index contributed by atoms with van der Waals surface area (Å²) < 4.78 is 0. The molecule has 66 valence electrons. The quantitative estimate of drug-likeness (QED) is 0.482. The van der Waals surface area contributed by atoms with Gasteiger partial charge in [0.2, 0.25) is 0 Å². The second-order valence-electron chi connectivity index (χ2n) is 2.46. The van der Waals surface area contributed by atoms with Gasteiger partial charge in [-0.15, -0.1) is 0 Å². The van der Waals surface area contributed by atoms with E-state index in [0.717, 1.165) is 0 Å². The number of hydrogen-bond acceptors (Lipinski definition) is 4. The minimum atomic E-state index is -0.531. The Balaban J connectivity index is 3.04. The molecule has 0 atom stereocenters. The van der Waals surface area contributed by atoms with Gasteiger partial charge in [-0.05, 0) is 24.1 Å². The maximum Gasteiger partial charge on any atom is 0.200 e. The highest BCUT2D eigenvalue weighted by molar-refractivity contribution is 5.51. The molecule has 1 rings (SSSR count). The van der Waals surface area contributed by atoms with E-state index in [-0.39, 0.29) is 18.1 Å². The fourth-order valence-electron chi connectivity index (χ4n) is 0.934. The van der Waals surface area contributed by atoms with Crippen LogP contribution in [0.15, 0.2) is 12.1 Å². The Kier molecular flexibility index (Phi) is 2.40. The molecule has 12 heavy (non-hydrogen) atoms. The Morgan fingerprint density at radius 1 is 1.00 bits per heavy atom. The molecule has 0 aliphatic carbocycles. The predicted octanol–water partition coefficient (Wildman–Crippen LogP) is 0.338. The summed E-state index contributed by atoms with van der Waals surface area (Å²) >= 11 is 0. The lowest BCUT2D eigenvalue weighted by atomic mass is 10.1. The number of aliphatic hydroxyl groups is 1. The molecule has 4 nitrogen and oxygen atoms in total. The Morgan fingerprint density at radius 3 is 1.92 bits per heavy atom. The van der Waals surface area contributed by atoms with E-state index in [1.807, 2.05) is 0 Å². The van der Waals surface area contributed by atoms with Crippen molar-refractivity contribution in [3.05, 3.63) is 17.7 Å². The first-order chi connectivity index (χ1) is 5.65. The molecule has 0 aromatic heterocycles. The standard InChI is InChI=1S/C8H10O4/c9-2-1-5-3-6(10)8(12)7(11)4-5/h3-4,9-12H,1-2H2. The van der Waals surface area contributed by atoms with Crippen LogP contribution in [0.2, 0.25) is 0 Å². The van der Waals surface area contributed by atoms with Gasteiger partial charge < -0.3 is 20.4 Å². The molecule has 0 unspecified atom stereocenters. The van der Waals surface area contributed by atoms with Crippen LogP contribution in [0.5, 0.6) is 17.2 Å². The van der Waals surface area contributed by atoms with Gasteiger partial charge >= 0.3 is 0 Å². The monoisotopic (exact) mass is 170 g/mol. The van der Waals surface area contributed by atoms with Gasteiger partial charge in [-0.25, -0.2) is 0 Å². The van der Waals surface area contributed by atoms with E-state index >= 15 is 0 Å². The Bertz CT molecular complexity index is 259. The van der Waals surface area contributed by atoms with Crippen LogP contribution < -0.4 is 0 Å². The minimum absolute atomic E-state index is 0.0658. The maximum atomic E-state index is 9.02. The molecule has 0 amide bonds. The highest BCUT2D eigenvalue weighted by Gasteiger charge is 2.06. The van der Waals surface area contributed by atoms with E-state index in [9.17, 15) is 0 Å². The Morgan fingerprint density at radius 2 is 1.50 bits per heavy atom. The van der Waals surface area contributed by atoms with Gasteiger partial charge in [0.05, 0.1) is 0 Å². The van der Waals surface area contributed by atoms with Crippen LogP contribution in [0.1, 0.15) is 5.56 Å². The largest absolute Gasteiger partial charge is 0.504 e. The van der Waals surface area contributed by atoms with Crippen LogP contribution in [-0.2, 0) is 6.42 Å². The summed E-state index contributed by atoms with van der Waals surface area (Å²) in [4.78, 5) is 0. The summed E-state index contributed by atoms with van der Waals surface area (Å²) in [6.45, 7) is -0.0658. The predicted molar refractivity (Wildman–Crippen MR) is 42.2 cm³/mol. The molecule has 0 aliphatic rings. The minimum Gasteiger partial charge on any atom is -0.504 e. The van der Waals surface area contributed by atoms with Crippen LogP contribution in [0.3, 0.4) is 0 Å². The van der Waals surface area contributed by atoms with E-state index in [1.165, 1.54) is 12.1 Å². The van der Waals surface area contributed by atoms with E-state index in [1.54, 1.807) is 0 Å². The lowest BCUT2D eigenvalue weighted by Gasteiger charge is -2.03. The lowest BCUT2D eigenvalue weighted by molar-refractivity contribution is 0.299. The second kappa shape index (κ2) is 3.32. The Hall–Kier alpha value is -1.42. The van der Waals surface area contributed by atoms with Crippen molar-refractivity contribution >= 4 is 0 Å². The van der Waals surface area contributed by atoms with Gasteiger partial charge in [0.25, 0.3) is 0 Å². The average Bonchev–Trinajstić information content (AvgIpc) is 2.01. The summed E-state index contributed by atoms with van der Waals surface area (Å²) in [5.74, 6) is -1.28. The van der Waals surface area contributed by atoms with Crippen LogP contribution in [0.4, 0.5) is 0 Å². The molecule has 0 bridgehead atoms. The van der Waals surface area contributed by atoms with Gasteiger partial charge in [0.15, 0.2) is 17.2 Å². The topological polar surface area (TPSA) is 80.9 Å². The van der Waals surface area contributed by atoms with Crippen LogP contribution in [0, 0.1) is 0 Å². The van der Waals surface area contributed by atoms with E-state index in [0.29, 0.717) is 12.0 Å². The van der Waals surface area contributed by atoms with Crippen molar-refractivity contribution < 1.29 is 20.4 Å². The lowest BCUT2D eigenvalue weighted by Crippen LogP contribution is -1.89. The van der Waals surface area contributed by atoms with Gasteiger partial charge in [0.1, 0.15) is 0 Å². The number of phenolic OH excluding ortho intramolecular Hbond substituents is 3. The van der Waals surface area contributed by atoms with Crippen molar-refractivity contribution in [3.8, 4) is 17.2 Å². The molecule has 0 saturated carbocycles. The number of benzene rings is 1. The van der Waals surface area contributed by atoms with Crippen molar-refractivity contribution in [1.82, 2.24) is 0 Å². The maximum absolute atomic E-state index is 9.02. The first kappa shape index (κ1) is 8.67. The van der Waals surface area contributed by atoms with E-state index in [2.05, 4.69) is 0 Å². The number of aromatic hydroxyl groups is 3. The van der Waals surface area contributed by atoms with Crippen molar-refractivity contribution in [2.24, 2.45) is 0 Å². The molecule has 1 aromatic carbocycles.